The lowest BCUT2D eigenvalue weighted by atomic mass is 9.89. The van der Waals surface area contributed by atoms with Gasteiger partial charge in [0.1, 0.15) is 11.6 Å². The van der Waals surface area contributed by atoms with Crippen molar-refractivity contribution < 1.29 is 18.7 Å². The Balaban J connectivity index is 1.86. The lowest BCUT2D eigenvalue weighted by molar-refractivity contribution is -0.119. The van der Waals surface area contributed by atoms with Gasteiger partial charge in [0.15, 0.2) is 0 Å². The molecule has 0 bridgehead atoms. The van der Waals surface area contributed by atoms with Crippen LogP contribution in [-0.4, -0.2) is 24.1 Å². The summed E-state index contributed by atoms with van der Waals surface area (Å²) in [7, 11) is 0. The van der Waals surface area contributed by atoms with Crippen LogP contribution < -0.4 is 10.6 Å². The van der Waals surface area contributed by atoms with Crippen LogP contribution in [0.5, 0.6) is 0 Å². The number of para-hydroxylation sites is 1. The number of β-amino-alcohol motifs (C(OH)–C–C–N with tert-alkyl or cyclic N) is 1. The number of aliphatic hydroxyl groups excluding tert-OH is 1. The maximum atomic E-state index is 13.8. The predicted octanol–water partition coefficient (Wildman–Crippen LogP) is 2.48. The minimum absolute atomic E-state index is 0.0792. The highest BCUT2D eigenvalue weighted by molar-refractivity contribution is 5.85. The van der Waals surface area contributed by atoms with Crippen LogP contribution in [0.15, 0.2) is 42.5 Å². The number of amides is 1. The van der Waals surface area contributed by atoms with Crippen LogP contribution in [0.1, 0.15) is 29.6 Å². The summed E-state index contributed by atoms with van der Waals surface area (Å²) in [5, 5.41) is 10.3. The third-order valence-corrected chi connectivity index (χ3v) is 4.39. The Labute approximate surface area is 138 Å². The van der Waals surface area contributed by atoms with Crippen molar-refractivity contribution in [3.63, 3.8) is 0 Å². The second-order valence-corrected chi connectivity index (χ2v) is 5.93. The van der Waals surface area contributed by atoms with Crippen LogP contribution in [0, 0.1) is 11.6 Å². The maximum absolute atomic E-state index is 13.8. The number of primary amides is 1. The molecule has 0 radical (unpaired) electrons. The van der Waals surface area contributed by atoms with Crippen molar-refractivity contribution in [1.29, 1.82) is 0 Å². The topological polar surface area (TPSA) is 66.6 Å². The van der Waals surface area contributed by atoms with Crippen LogP contribution in [0.3, 0.4) is 0 Å². The normalized spacial score (nSPS) is 18.1. The van der Waals surface area contributed by atoms with E-state index in [0.29, 0.717) is 13.0 Å². The quantitative estimate of drug-likeness (QED) is 0.904. The first-order valence-corrected chi connectivity index (χ1v) is 7.73. The molecule has 0 aromatic heterocycles. The van der Waals surface area contributed by atoms with Crippen molar-refractivity contribution >= 4 is 11.6 Å². The SMILES string of the molecule is NC(=O)C1CCN(CC(O)c2cc(F)ccc2F)c2ccccc21. The average molecular weight is 332 g/mol. The van der Waals surface area contributed by atoms with E-state index in [1.165, 1.54) is 0 Å². The van der Waals surface area contributed by atoms with E-state index in [1.54, 1.807) is 0 Å². The molecule has 0 spiro atoms. The van der Waals surface area contributed by atoms with Gasteiger partial charge in [-0.15, -0.1) is 0 Å². The first kappa shape index (κ1) is 16.4. The number of carbonyl (C=O) groups is 1. The standard InChI is InChI=1S/C18H18F2N2O2/c19-11-5-6-15(20)14(9-11)17(23)10-22-8-7-13(18(21)24)12-3-1-2-4-16(12)22/h1-6,9,13,17,23H,7-8,10H2,(H2,21,24). The summed E-state index contributed by atoms with van der Waals surface area (Å²) < 4.78 is 27.2. The molecule has 1 amide bonds. The van der Waals surface area contributed by atoms with Gasteiger partial charge in [-0.3, -0.25) is 4.79 Å². The van der Waals surface area contributed by atoms with Gasteiger partial charge in [0.05, 0.1) is 12.0 Å². The lowest BCUT2D eigenvalue weighted by Crippen LogP contribution is -2.38. The molecule has 2 aromatic carbocycles. The zero-order valence-electron chi connectivity index (χ0n) is 13.0. The number of nitrogens with two attached hydrogens (primary N) is 1. The fourth-order valence-electron chi connectivity index (χ4n) is 3.19. The summed E-state index contributed by atoms with van der Waals surface area (Å²) >= 11 is 0. The Morgan fingerprint density at radius 2 is 2.04 bits per heavy atom. The largest absolute Gasteiger partial charge is 0.386 e. The molecule has 126 valence electrons. The van der Waals surface area contributed by atoms with Gasteiger partial charge in [0.2, 0.25) is 5.91 Å². The highest BCUT2D eigenvalue weighted by atomic mass is 19.1. The van der Waals surface area contributed by atoms with Gasteiger partial charge in [-0.1, -0.05) is 18.2 Å². The lowest BCUT2D eigenvalue weighted by Gasteiger charge is -2.35. The molecular formula is C18H18F2N2O2. The summed E-state index contributed by atoms with van der Waals surface area (Å²) in [5.74, 6) is -2.01. The number of aliphatic hydroxyl groups is 1. The summed E-state index contributed by atoms with van der Waals surface area (Å²) in [6, 6.07) is 10.3. The molecule has 0 saturated heterocycles. The molecule has 3 N–H and O–H groups in total. The van der Waals surface area contributed by atoms with Crippen molar-refractivity contribution in [2.45, 2.75) is 18.4 Å². The Morgan fingerprint density at radius 3 is 2.79 bits per heavy atom. The number of hydrogen-bond donors (Lipinski definition) is 2. The van der Waals surface area contributed by atoms with Gasteiger partial charge in [-0.2, -0.15) is 0 Å². The van der Waals surface area contributed by atoms with Crippen LogP contribution in [0.25, 0.3) is 0 Å². The molecule has 0 fully saturated rings. The highest BCUT2D eigenvalue weighted by Gasteiger charge is 2.29. The number of benzene rings is 2. The number of carbonyl (C=O) groups excluding carboxylic acids is 1. The van der Waals surface area contributed by atoms with Gasteiger partial charge in [0, 0.05) is 24.3 Å². The van der Waals surface area contributed by atoms with Crippen molar-refractivity contribution in [3.8, 4) is 0 Å². The van der Waals surface area contributed by atoms with Gasteiger partial charge in [-0.25, -0.2) is 8.78 Å². The molecule has 3 rings (SSSR count). The number of fused-ring (bicyclic) bond motifs is 1. The third-order valence-electron chi connectivity index (χ3n) is 4.39. The summed E-state index contributed by atoms with van der Waals surface area (Å²) in [6.07, 6.45) is -0.663. The molecule has 24 heavy (non-hydrogen) atoms. The van der Waals surface area contributed by atoms with E-state index in [0.717, 1.165) is 29.4 Å². The van der Waals surface area contributed by atoms with Crippen LogP contribution in [0.2, 0.25) is 0 Å². The van der Waals surface area contributed by atoms with E-state index < -0.39 is 17.7 Å². The van der Waals surface area contributed by atoms with Crippen LogP contribution >= 0.6 is 0 Å². The van der Waals surface area contributed by atoms with Crippen molar-refractivity contribution in [1.82, 2.24) is 0 Å². The summed E-state index contributed by atoms with van der Waals surface area (Å²) in [5.41, 5.74) is 6.95. The fraction of sp³-hybridized carbons (Fsp3) is 0.278. The van der Waals surface area contributed by atoms with E-state index in [4.69, 9.17) is 5.73 Å². The highest BCUT2D eigenvalue weighted by Crippen LogP contribution is 2.36. The minimum atomic E-state index is -1.18. The van der Waals surface area contributed by atoms with Gasteiger partial charge in [-0.05, 0) is 36.2 Å². The summed E-state index contributed by atoms with van der Waals surface area (Å²) in [4.78, 5) is 13.5. The third kappa shape index (κ3) is 3.10. The molecule has 6 heteroatoms. The van der Waals surface area contributed by atoms with Crippen molar-refractivity contribution in [3.05, 3.63) is 65.2 Å². The molecule has 2 atom stereocenters. The zero-order valence-corrected chi connectivity index (χ0v) is 13.0. The molecule has 4 nitrogen and oxygen atoms in total. The maximum Gasteiger partial charge on any atom is 0.225 e. The van der Waals surface area contributed by atoms with E-state index >= 15 is 0 Å². The Bertz CT molecular complexity index is 766. The predicted molar refractivity (Wildman–Crippen MR) is 86.5 cm³/mol. The first-order chi connectivity index (χ1) is 11.5. The minimum Gasteiger partial charge on any atom is -0.386 e. The Morgan fingerprint density at radius 1 is 1.29 bits per heavy atom. The van der Waals surface area contributed by atoms with Crippen molar-refractivity contribution in [2.24, 2.45) is 5.73 Å². The number of halogens is 2. The van der Waals surface area contributed by atoms with Gasteiger partial charge in [0.25, 0.3) is 0 Å². The number of rotatable bonds is 4. The molecular weight excluding hydrogens is 314 g/mol. The molecule has 0 saturated carbocycles. The molecule has 2 unspecified atom stereocenters. The molecule has 1 heterocycles. The van der Waals surface area contributed by atoms with Gasteiger partial charge < -0.3 is 15.7 Å². The average Bonchev–Trinajstić information content (AvgIpc) is 2.57. The summed E-state index contributed by atoms with van der Waals surface area (Å²) in [6.45, 7) is 0.599. The monoisotopic (exact) mass is 332 g/mol. The van der Waals surface area contributed by atoms with E-state index in [9.17, 15) is 18.7 Å². The molecule has 0 aliphatic carbocycles. The molecule has 1 aliphatic heterocycles. The van der Waals surface area contributed by atoms with Gasteiger partial charge >= 0.3 is 0 Å². The second-order valence-electron chi connectivity index (χ2n) is 5.93. The Kier molecular flexibility index (Phi) is 4.49. The van der Waals surface area contributed by atoms with Crippen molar-refractivity contribution in [2.75, 3.05) is 18.0 Å². The molecule has 2 aromatic rings. The van der Waals surface area contributed by atoms with Crippen LogP contribution in [0.4, 0.5) is 14.5 Å². The van der Waals surface area contributed by atoms with E-state index in [1.807, 2.05) is 29.2 Å². The Hall–Kier alpha value is -2.47. The zero-order chi connectivity index (χ0) is 17.3. The smallest absolute Gasteiger partial charge is 0.225 e. The number of anilines is 1. The first-order valence-electron chi connectivity index (χ1n) is 7.73. The number of nitrogens with zero attached hydrogens (tertiary/aromatic N) is 1. The second kappa shape index (κ2) is 6.57. The van der Waals surface area contributed by atoms with E-state index in [2.05, 4.69) is 0 Å². The van der Waals surface area contributed by atoms with E-state index in [-0.39, 0.29) is 23.9 Å². The van der Waals surface area contributed by atoms with Crippen LogP contribution in [-0.2, 0) is 4.79 Å². The fourth-order valence-corrected chi connectivity index (χ4v) is 3.19. The molecule has 1 aliphatic rings. The number of hydrogen-bond acceptors (Lipinski definition) is 3.